The number of aromatic amines is 1. The molecular formula is C20H19N5. The summed E-state index contributed by atoms with van der Waals surface area (Å²) in [6.07, 6.45) is 1.88. The van der Waals surface area contributed by atoms with Gasteiger partial charge in [-0.3, -0.25) is 0 Å². The molecule has 0 spiro atoms. The normalized spacial score (nSPS) is 10.7. The van der Waals surface area contributed by atoms with Gasteiger partial charge in [-0.1, -0.05) is 60.7 Å². The highest BCUT2D eigenvalue weighted by Crippen LogP contribution is 2.21. The number of hydrogen-bond donors (Lipinski definition) is 3. The van der Waals surface area contributed by atoms with E-state index in [2.05, 4.69) is 49.9 Å². The summed E-state index contributed by atoms with van der Waals surface area (Å²) in [4.78, 5) is 12.4. The van der Waals surface area contributed by atoms with E-state index in [0.717, 1.165) is 16.9 Å². The summed E-state index contributed by atoms with van der Waals surface area (Å²) in [5, 5.41) is 6.71. The third-order valence-electron chi connectivity index (χ3n) is 4.00. The van der Waals surface area contributed by atoms with E-state index in [4.69, 9.17) is 0 Å². The minimum atomic E-state index is 0.617. The number of hydrogen-bond acceptors (Lipinski definition) is 4. The molecule has 5 heteroatoms. The lowest BCUT2D eigenvalue weighted by Gasteiger charge is -2.10. The van der Waals surface area contributed by atoms with Crippen molar-refractivity contribution in [1.29, 1.82) is 0 Å². The van der Waals surface area contributed by atoms with Crippen molar-refractivity contribution in [3.63, 3.8) is 0 Å². The van der Waals surface area contributed by atoms with E-state index in [9.17, 15) is 0 Å². The lowest BCUT2D eigenvalue weighted by molar-refractivity contribution is 1.05. The molecule has 0 atom stereocenters. The number of anilines is 2. The second-order valence-electron chi connectivity index (χ2n) is 5.81. The maximum absolute atomic E-state index is 4.64. The number of benzene rings is 2. The minimum Gasteiger partial charge on any atom is -0.364 e. The third kappa shape index (κ3) is 3.61. The van der Waals surface area contributed by atoms with Gasteiger partial charge in [-0.25, -0.2) is 4.98 Å². The van der Waals surface area contributed by atoms with Crippen LogP contribution in [-0.2, 0) is 13.1 Å². The van der Waals surface area contributed by atoms with Crippen LogP contribution in [0.2, 0.25) is 0 Å². The lowest BCUT2D eigenvalue weighted by atomic mass is 10.2. The summed E-state index contributed by atoms with van der Waals surface area (Å²) in [6.45, 7) is 1.40. The Balaban J connectivity index is 1.54. The summed E-state index contributed by atoms with van der Waals surface area (Å²) >= 11 is 0. The molecule has 2 aromatic carbocycles. The third-order valence-corrected chi connectivity index (χ3v) is 4.00. The molecule has 0 saturated carbocycles. The first kappa shape index (κ1) is 15.2. The number of aromatic nitrogens is 3. The zero-order valence-corrected chi connectivity index (χ0v) is 13.7. The zero-order chi connectivity index (χ0) is 16.9. The van der Waals surface area contributed by atoms with E-state index in [1.54, 1.807) is 0 Å². The fourth-order valence-electron chi connectivity index (χ4n) is 2.71. The van der Waals surface area contributed by atoms with Gasteiger partial charge >= 0.3 is 0 Å². The van der Waals surface area contributed by atoms with Gasteiger partial charge in [-0.15, -0.1) is 0 Å². The van der Waals surface area contributed by atoms with Crippen molar-refractivity contribution >= 4 is 22.8 Å². The molecule has 0 unspecified atom stereocenters. The van der Waals surface area contributed by atoms with Crippen molar-refractivity contribution in [2.75, 3.05) is 10.6 Å². The highest BCUT2D eigenvalue weighted by molar-refractivity contribution is 5.86. The summed E-state index contributed by atoms with van der Waals surface area (Å²) in [7, 11) is 0. The fourth-order valence-corrected chi connectivity index (χ4v) is 2.71. The highest BCUT2D eigenvalue weighted by Gasteiger charge is 2.08. The molecule has 4 rings (SSSR count). The first-order chi connectivity index (χ1) is 12.4. The van der Waals surface area contributed by atoms with E-state index < -0.39 is 0 Å². The van der Waals surface area contributed by atoms with Crippen LogP contribution in [0.1, 0.15) is 11.1 Å². The summed E-state index contributed by atoms with van der Waals surface area (Å²) in [6, 6.07) is 22.5. The Morgan fingerprint density at radius 1 is 0.720 bits per heavy atom. The van der Waals surface area contributed by atoms with E-state index in [1.807, 2.05) is 48.7 Å². The lowest BCUT2D eigenvalue weighted by Crippen LogP contribution is -2.07. The summed E-state index contributed by atoms with van der Waals surface area (Å²) in [5.74, 6) is 1.42. The van der Waals surface area contributed by atoms with Crippen LogP contribution < -0.4 is 10.6 Å². The van der Waals surface area contributed by atoms with Crippen LogP contribution in [0.4, 0.5) is 11.8 Å². The Morgan fingerprint density at radius 2 is 1.36 bits per heavy atom. The molecule has 124 valence electrons. The molecule has 0 bridgehead atoms. The molecular weight excluding hydrogens is 310 g/mol. The number of fused-ring (bicyclic) bond motifs is 1. The Kier molecular flexibility index (Phi) is 4.29. The van der Waals surface area contributed by atoms with Crippen molar-refractivity contribution in [2.45, 2.75) is 13.1 Å². The SMILES string of the molecule is c1ccc(CNc2nc(NCc3ccccc3)c3[nH]ccc3n2)cc1. The first-order valence-corrected chi connectivity index (χ1v) is 8.29. The van der Waals surface area contributed by atoms with Crippen LogP contribution in [0.15, 0.2) is 72.9 Å². The molecule has 2 aromatic heterocycles. The van der Waals surface area contributed by atoms with Crippen molar-refractivity contribution in [2.24, 2.45) is 0 Å². The molecule has 25 heavy (non-hydrogen) atoms. The molecule has 0 amide bonds. The molecule has 0 aliphatic rings. The molecule has 5 nitrogen and oxygen atoms in total. The van der Waals surface area contributed by atoms with Crippen LogP contribution in [0.25, 0.3) is 11.0 Å². The van der Waals surface area contributed by atoms with Crippen LogP contribution in [-0.4, -0.2) is 15.0 Å². The van der Waals surface area contributed by atoms with Crippen LogP contribution in [0, 0.1) is 0 Å². The van der Waals surface area contributed by atoms with Gasteiger partial charge in [-0.2, -0.15) is 4.98 Å². The quantitative estimate of drug-likeness (QED) is 0.496. The maximum Gasteiger partial charge on any atom is 0.225 e. The number of nitrogens with one attached hydrogen (secondary N) is 3. The van der Waals surface area contributed by atoms with Gasteiger partial charge in [0, 0.05) is 19.3 Å². The Labute approximate surface area is 146 Å². The van der Waals surface area contributed by atoms with E-state index >= 15 is 0 Å². The van der Waals surface area contributed by atoms with Gasteiger partial charge in [0.05, 0.1) is 5.52 Å². The van der Waals surface area contributed by atoms with Gasteiger partial charge in [0.25, 0.3) is 0 Å². The van der Waals surface area contributed by atoms with E-state index in [-0.39, 0.29) is 0 Å². The average molecular weight is 329 g/mol. The summed E-state index contributed by atoms with van der Waals surface area (Å²) in [5.41, 5.74) is 4.21. The van der Waals surface area contributed by atoms with Crippen molar-refractivity contribution < 1.29 is 0 Å². The van der Waals surface area contributed by atoms with Crippen molar-refractivity contribution in [1.82, 2.24) is 15.0 Å². The molecule has 0 aliphatic heterocycles. The van der Waals surface area contributed by atoms with Gasteiger partial charge in [-0.05, 0) is 17.2 Å². The zero-order valence-electron chi connectivity index (χ0n) is 13.7. The predicted molar refractivity (Wildman–Crippen MR) is 101 cm³/mol. The van der Waals surface area contributed by atoms with Crippen LogP contribution in [0.5, 0.6) is 0 Å². The minimum absolute atomic E-state index is 0.617. The van der Waals surface area contributed by atoms with Gasteiger partial charge < -0.3 is 15.6 Å². The summed E-state index contributed by atoms with van der Waals surface area (Å²) < 4.78 is 0. The Hall–Kier alpha value is -3.34. The monoisotopic (exact) mass is 329 g/mol. The van der Waals surface area contributed by atoms with Crippen molar-refractivity contribution in [3.8, 4) is 0 Å². The standard InChI is InChI=1S/C20H19N5/c1-3-7-15(8-4-1)13-22-19-18-17(11-12-21-18)24-20(25-19)23-14-16-9-5-2-6-10-16/h1-12,21H,13-14H2,(H2,22,23,24,25). The number of rotatable bonds is 6. The molecule has 4 aromatic rings. The molecule has 2 heterocycles. The van der Waals surface area contributed by atoms with Crippen LogP contribution in [0.3, 0.4) is 0 Å². The number of H-pyrrole nitrogens is 1. The smallest absolute Gasteiger partial charge is 0.225 e. The second-order valence-corrected chi connectivity index (χ2v) is 5.81. The average Bonchev–Trinajstić information content (AvgIpc) is 3.15. The molecule has 0 aliphatic carbocycles. The first-order valence-electron chi connectivity index (χ1n) is 8.29. The van der Waals surface area contributed by atoms with Gasteiger partial charge in [0.1, 0.15) is 5.52 Å². The Morgan fingerprint density at radius 3 is 2.04 bits per heavy atom. The largest absolute Gasteiger partial charge is 0.364 e. The molecule has 3 N–H and O–H groups in total. The molecule has 0 fully saturated rings. The maximum atomic E-state index is 4.64. The van der Waals surface area contributed by atoms with Crippen LogP contribution >= 0.6 is 0 Å². The molecule has 0 saturated heterocycles. The van der Waals surface area contributed by atoms with Crippen molar-refractivity contribution in [3.05, 3.63) is 84.1 Å². The van der Waals surface area contributed by atoms with E-state index in [0.29, 0.717) is 19.0 Å². The fraction of sp³-hybridized carbons (Fsp3) is 0.100. The predicted octanol–water partition coefficient (Wildman–Crippen LogP) is 4.18. The topological polar surface area (TPSA) is 65.6 Å². The second kappa shape index (κ2) is 7.05. The number of nitrogens with zero attached hydrogens (tertiary/aromatic N) is 2. The van der Waals surface area contributed by atoms with Gasteiger partial charge in [0.15, 0.2) is 5.82 Å². The Bertz CT molecular complexity index is 948. The van der Waals surface area contributed by atoms with E-state index in [1.165, 1.54) is 11.1 Å². The molecule has 0 radical (unpaired) electrons. The highest BCUT2D eigenvalue weighted by atomic mass is 15.2. The van der Waals surface area contributed by atoms with Gasteiger partial charge in [0.2, 0.25) is 5.95 Å².